The summed E-state index contributed by atoms with van der Waals surface area (Å²) in [6, 6.07) is 3.27. The van der Waals surface area contributed by atoms with E-state index in [4.69, 9.17) is 4.74 Å². The minimum Gasteiger partial charge on any atom is -0.490 e. The van der Waals surface area contributed by atoms with Crippen LogP contribution in [0, 0.1) is 35.3 Å². The van der Waals surface area contributed by atoms with Crippen LogP contribution in [0.3, 0.4) is 0 Å². The summed E-state index contributed by atoms with van der Waals surface area (Å²) in [7, 11) is 0. The first-order chi connectivity index (χ1) is 13.8. The molecule has 29 heavy (non-hydrogen) atoms. The Morgan fingerprint density at radius 1 is 0.793 bits per heavy atom. The summed E-state index contributed by atoms with van der Waals surface area (Å²) in [6.45, 7) is 14.0. The second kappa shape index (κ2) is 14.0. The molecule has 0 aliphatic heterocycles. The Hall–Kier alpha value is -1.12. The standard InChI is InChI=1S/C26H44F2O/c1-7-9-18-29-24-17-16-23(25(27)26(24)28)15-12-20(4)11-14-22(6)21(5)13-10-19(3)8-2/h16-17,19-22H,7-15,18H2,1-6H3. The monoisotopic (exact) mass is 410 g/mol. The molecule has 4 atom stereocenters. The summed E-state index contributed by atoms with van der Waals surface area (Å²) in [5, 5.41) is 0. The molecule has 4 unspecified atom stereocenters. The highest BCUT2D eigenvalue weighted by Gasteiger charge is 2.17. The normalized spacial score (nSPS) is 15.7. The van der Waals surface area contributed by atoms with E-state index in [-0.39, 0.29) is 5.75 Å². The van der Waals surface area contributed by atoms with Crippen molar-refractivity contribution in [3.05, 3.63) is 29.3 Å². The van der Waals surface area contributed by atoms with Gasteiger partial charge in [-0.25, -0.2) is 4.39 Å². The SMILES string of the molecule is CCCCOc1ccc(CCC(C)CCC(C)C(C)CCC(C)CC)c(F)c1F. The van der Waals surface area contributed by atoms with Crippen LogP contribution in [0.25, 0.3) is 0 Å². The van der Waals surface area contributed by atoms with Crippen molar-refractivity contribution in [2.24, 2.45) is 23.7 Å². The summed E-state index contributed by atoms with van der Waals surface area (Å²) < 4.78 is 33.9. The summed E-state index contributed by atoms with van der Waals surface area (Å²) in [5.41, 5.74) is 0.465. The van der Waals surface area contributed by atoms with E-state index in [2.05, 4.69) is 34.6 Å². The summed E-state index contributed by atoms with van der Waals surface area (Å²) >= 11 is 0. The number of hydrogen-bond acceptors (Lipinski definition) is 1. The van der Waals surface area contributed by atoms with Crippen LogP contribution in [0.1, 0.15) is 98.5 Å². The van der Waals surface area contributed by atoms with Gasteiger partial charge < -0.3 is 4.74 Å². The predicted octanol–water partition coefficient (Wildman–Crippen LogP) is 8.59. The molecule has 1 rings (SSSR count). The third-order valence-electron chi connectivity index (χ3n) is 6.69. The lowest BCUT2D eigenvalue weighted by atomic mass is 9.83. The molecule has 0 amide bonds. The van der Waals surface area contributed by atoms with Crippen LogP contribution >= 0.6 is 0 Å². The molecular formula is C26H44F2O. The molecule has 0 saturated heterocycles. The number of hydrogen-bond donors (Lipinski definition) is 0. The van der Waals surface area contributed by atoms with Crippen molar-refractivity contribution in [1.29, 1.82) is 0 Å². The Kier molecular flexibility index (Phi) is 12.5. The fraction of sp³-hybridized carbons (Fsp3) is 0.769. The van der Waals surface area contributed by atoms with Crippen molar-refractivity contribution < 1.29 is 13.5 Å². The van der Waals surface area contributed by atoms with Crippen LogP contribution in [0.4, 0.5) is 8.78 Å². The molecular weight excluding hydrogens is 366 g/mol. The van der Waals surface area contributed by atoms with E-state index in [1.807, 2.05) is 6.92 Å². The highest BCUT2D eigenvalue weighted by Crippen LogP contribution is 2.28. The van der Waals surface area contributed by atoms with Gasteiger partial charge in [0.05, 0.1) is 6.61 Å². The molecule has 1 aromatic rings. The molecule has 0 aromatic heterocycles. The van der Waals surface area contributed by atoms with Gasteiger partial charge in [-0.05, 0) is 54.6 Å². The van der Waals surface area contributed by atoms with Crippen LogP contribution in [-0.4, -0.2) is 6.61 Å². The van der Waals surface area contributed by atoms with E-state index in [0.717, 1.165) is 43.4 Å². The molecule has 0 bridgehead atoms. The first kappa shape index (κ1) is 25.9. The second-order valence-corrected chi connectivity index (χ2v) is 9.32. The van der Waals surface area contributed by atoms with Crippen LogP contribution < -0.4 is 4.74 Å². The lowest BCUT2D eigenvalue weighted by molar-refractivity contribution is 0.287. The number of ether oxygens (including phenoxy) is 1. The van der Waals surface area contributed by atoms with Gasteiger partial charge in [0.25, 0.3) is 0 Å². The molecule has 1 aromatic carbocycles. The Morgan fingerprint density at radius 3 is 2.00 bits per heavy atom. The van der Waals surface area contributed by atoms with E-state index >= 15 is 0 Å². The number of benzene rings is 1. The fourth-order valence-corrected chi connectivity index (χ4v) is 3.62. The van der Waals surface area contributed by atoms with Gasteiger partial charge >= 0.3 is 0 Å². The van der Waals surface area contributed by atoms with Crippen LogP contribution in [-0.2, 0) is 6.42 Å². The lowest BCUT2D eigenvalue weighted by Crippen LogP contribution is -2.11. The van der Waals surface area contributed by atoms with E-state index in [1.54, 1.807) is 12.1 Å². The van der Waals surface area contributed by atoms with E-state index in [9.17, 15) is 8.78 Å². The average Bonchev–Trinajstić information content (AvgIpc) is 2.72. The quantitative estimate of drug-likeness (QED) is 0.263. The first-order valence-corrected chi connectivity index (χ1v) is 11.9. The smallest absolute Gasteiger partial charge is 0.200 e. The Bertz CT molecular complexity index is 572. The fourth-order valence-electron chi connectivity index (χ4n) is 3.62. The van der Waals surface area contributed by atoms with Crippen molar-refractivity contribution in [2.75, 3.05) is 6.61 Å². The number of rotatable bonds is 15. The van der Waals surface area contributed by atoms with Gasteiger partial charge in [0.2, 0.25) is 5.82 Å². The van der Waals surface area contributed by atoms with Crippen LogP contribution in [0.2, 0.25) is 0 Å². The molecule has 0 fully saturated rings. The number of aryl methyl sites for hydroxylation is 1. The second-order valence-electron chi connectivity index (χ2n) is 9.32. The third kappa shape index (κ3) is 9.49. The Morgan fingerprint density at radius 2 is 1.41 bits per heavy atom. The van der Waals surface area contributed by atoms with Crippen LogP contribution in [0.5, 0.6) is 5.75 Å². The van der Waals surface area contributed by atoms with E-state index < -0.39 is 11.6 Å². The minimum atomic E-state index is -0.838. The van der Waals surface area contributed by atoms with Crippen LogP contribution in [0.15, 0.2) is 12.1 Å². The van der Waals surface area contributed by atoms with E-state index in [0.29, 0.717) is 24.5 Å². The van der Waals surface area contributed by atoms with Gasteiger partial charge in [0.1, 0.15) is 0 Å². The number of halogens is 2. The van der Waals surface area contributed by atoms with Crippen molar-refractivity contribution >= 4 is 0 Å². The first-order valence-electron chi connectivity index (χ1n) is 11.9. The van der Waals surface area contributed by atoms with Crippen molar-refractivity contribution in [3.63, 3.8) is 0 Å². The maximum absolute atomic E-state index is 14.4. The zero-order valence-corrected chi connectivity index (χ0v) is 19.7. The summed E-state index contributed by atoms with van der Waals surface area (Å²) in [5.74, 6) is 1.27. The van der Waals surface area contributed by atoms with Gasteiger partial charge in [-0.15, -0.1) is 0 Å². The topological polar surface area (TPSA) is 9.23 Å². The molecule has 0 spiro atoms. The highest BCUT2D eigenvalue weighted by molar-refractivity contribution is 5.31. The molecule has 0 saturated carbocycles. The zero-order chi connectivity index (χ0) is 21.8. The van der Waals surface area contributed by atoms with E-state index in [1.165, 1.54) is 25.7 Å². The average molecular weight is 411 g/mol. The number of unbranched alkanes of at least 4 members (excludes halogenated alkanes) is 1. The molecule has 1 nitrogen and oxygen atoms in total. The predicted molar refractivity (Wildman–Crippen MR) is 120 cm³/mol. The van der Waals surface area contributed by atoms with Gasteiger partial charge in [0.15, 0.2) is 11.6 Å². The Balaban J connectivity index is 2.42. The van der Waals surface area contributed by atoms with Crippen molar-refractivity contribution in [3.8, 4) is 5.75 Å². The maximum Gasteiger partial charge on any atom is 0.200 e. The third-order valence-corrected chi connectivity index (χ3v) is 6.69. The van der Waals surface area contributed by atoms with Gasteiger partial charge in [-0.3, -0.25) is 0 Å². The molecule has 0 heterocycles. The minimum absolute atomic E-state index is 0.0351. The van der Waals surface area contributed by atoms with Crippen molar-refractivity contribution in [1.82, 2.24) is 0 Å². The molecule has 0 N–H and O–H groups in total. The molecule has 168 valence electrons. The molecule has 3 heteroatoms. The summed E-state index contributed by atoms with van der Waals surface area (Å²) in [4.78, 5) is 0. The molecule has 0 aliphatic carbocycles. The summed E-state index contributed by atoms with van der Waals surface area (Å²) in [6.07, 6.45) is 9.53. The largest absolute Gasteiger partial charge is 0.490 e. The maximum atomic E-state index is 14.4. The lowest BCUT2D eigenvalue weighted by Gasteiger charge is -2.23. The molecule has 0 aliphatic rings. The zero-order valence-electron chi connectivity index (χ0n) is 19.7. The molecule has 0 radical (unpaired) electrons. The van der Waals surface area contributed by atoms with Gasteiger partial charge in [0, 0.05) is 0 Å². The Labute approximate surface area is 178 Å². The van der Waals surface area contributed by atoms with Crippen molar-refractivity contribution in [2.45, 2.75) is 99.3 Å². The highest BCUT2D eigenvalue weighted by atomic mass is 19.2. The van der Waals surface area contributed by atoms with Gasteiger partial charge in [-0.2, -0.15) is 4.39 Å². The van der Waals surface area contributed by atoms with Gasteiger partial charge in [-0.1, -0.05) is 86.1 Å².